The highest BCUT2D eigenvalue weighted by atomic mass is 16.2. The molecule has 2 rings (SSSR count). The van der Waals surface area contributed by atoms with Gasteiger partial charge in [0, 0.05) is 20.0 Å². The van der Waals surface area contributed by atoms with Crippen LogP contribution < -0.4 is 5.32 Å². The van der Waals surface area contributed by atoms with Crippen molar-refractivity contribution in [3.05, 3.63) is 35.4 Å². The summed E-state index contributed by atoms with van der Waals surface area (Å²) in [6.07, 6.45) is 3.97. The summed E-state index contributed by atoms with van der Waals surface area (Å²) in [5, 5.41) is 3.35. The van der Waals surface area contributed by atoms with Gasteiger partial charge in [0.2, 0.25) is 5.91 Å². The topological polar surface area (TPSA) is 32.3 Å². The molecule has 1 aromatic rings. The van der Waals surface area contributed by atoms with Gasteiger partial charge in [-0.15, -0.1) is 0 Å². The average molecular weight is 274 g/mol. The standard InChI is InChI=1S/C17H26N2O/c1-3-14-4-6-16(7-5-14)13-19(2)17(20)9-8-15-10-11-18-12-15/h4-7,15,18H,3,8-13H2,1-2H3. The minimum Gasteiger partial charge on any atom is -0.341 e. The molecule has 3 nitrogen and oxygen atoms in total. The van der Waals surface area contributed by atoms with E-state index in [0.29, 0.717) is 18.9 Å². The quantitative estimate of drug-likeness (QED) is 0.865. The highest BCUT2D eigenvalue weighted by Gasteiger charge is 2.17. The van der Waals surface area contributed by atoms with Crippen LogP contribution >= 0.6 is 0 Å². The lowest BCUT2D eigenvalue weighted by Crippen LogP contribution is -2.26. The van der Waals surface area contributed by atoms with Gasteiger partial charge in [0.25, 0.3) is 0 Å². The van der Waals surface area contributed by atoms with E-state index in [0.717, 1.165) is 25.9 Å². The zero-order valence-corrected chi connectivity index (χ0v) is 12.7. The van der Waals surface area contributed by atoms with E-state index in [-0.39, 0.29) is 5.91 Å². The van der Waals surface area contributed by atoms with Crippen molar-refractivity contribution in [2.75, 3.05) is 20.1 Å². The van der Waals surface area contributed by atoms with Gasteiger partial charge < -0.3 is 10.2 Å². The van der Waals surface area contributed by atoms with Crippen molar-refractivity contribution < 1.29 is 4.79 Å². The Morgan fingerprint density at radius 1 is 1.30 bits per heavy atom. The lowest BCUT2D eigenvalue weighted by atomic mass is 10.0. The van der Waals surface area contributed by atoms with E-state index in [9.17, 15) is 4.79 Å². The predicted octanol–water partition coefficient (Wildman–Crippen LogP) is 2.60. The number of rotatable bonds is 6. The third-order valence-electron chi connectivity index (χ3n) is 4.21. The maximum Gasteiger partial charge on any atom is 0.222 e. The second kappa shape index (κ2) is 7.44. The summed E-state index contributed by atoms with van der Waals surface area (Å²) in [4.78, 5) is 14.0. The summed E-state index contributed by atoms with van der Waals surface area (Å²) in [6, 6.07) is 8.56. The van der Waals surface area contributed by atoms with Gasteiger partial charge in [0.1, 0.15) is 0 Å². The normalized spacial score (nSPS) is 18.2. The molecule has 1 saturated heterocycles. The molecule has 1 fully saturated rings. The summed E-state index contributed by atoms with van der Waals surface area (Å²) in [6.45, 7) is 5.06. The fourth-order valence-electron chi connectivity index (χ4n) is 2.72. The summed E-state index contributed by atoms with van der Waals surface area (Å²) < 4.78 is 0. The maximum atomic E-state index is 12.1. The molecule has 1 aromatic carbocycles. The number of benzene rings is 1. The van der Waals surface area contributed by atoms with Crippen LogP contribution in [-0.4, -0.2) is 30.9 Å². The summed E-state index contributed by atoms with van der Waals surface area (Å²) in [5.74, 6) is 0.952. The van der Waals surface area contributed by atoms with E-state index in [1.165, 1.54) is 17.5 Å². The van der Waals surface area contributed by atoms with Gasteiger partial charge >= 0.3 is 0 Å². The minimum atomic E-state index is 0.261. The number of nitrogens with one attached hydrogen (secondary N) is 1. The molecule has 1 aliphatic heterocycles. The summed E-state index contributed by atoms with van der Waals surface area (Å²) >= 11 is 0. The Morgan fingerprint density at radius 3 is 2.60 bits per heavy atom. The number of carbonyl (C=O) groups is 1. The molecule has 1 amide bonds. The summed E-state index contributed by atoms with van der Waals surface area (Å²) in [7, 11) is 1.91. The Labute approximate surface area is 122 Å². The first-order chi connectivity index (χ1) is 9.69. The number of nitrogens with zero attached hydrogens (tertiary/aromatic N) is 1. The van der Waals surface area contributed by atoms with Crippen molar-refractivity contribution in [2.45, 2.75) is 39.2 Å². The molecule has 0 spiro atoms. The van der Waals surface area contributed by atoms with Crippen LogP contribution in [0.15, 0.2) is 24.3 Å². The Morgan fingerprint density at radius 2 is 2.00 bits per heavy atom. The molecule has 1 N–H and O–H groups in total. The van der Waals surface area contributed by atoms with Crippen molar-refractivity contribution in [1.29, 1.82) is 0 Å². The molecular formula is C17H26N2O. The SMILES string of the molecule is CCc1ccc(CN(C)C(=O)CCC2CCNC2)cc1. The highest BCUT2D eigenvalue weighted by Crippen LogP contribution is 2.15. The van der Waals surface area contributed by atoms with Crippen molar-refractivity contribution in [3.8, 4) is 0 Å². The van der Waals surface area contributed by atoms with Crippen molar-refractivity contribution in [3.63, 3.8) is 0 Å². The second-order valence-corrected chi connectivity index (χ2v) is 5.82. The summed E-state index contributed by atoms with van der Waals surface area (Å²) in [5.41, 5.74) is 2.55. The molecule has 1 unspecified atom stereocenters. The Bertz CT molecular complexity index is 421. The van der Waals surface area contributed by atoms with E-state index in [4.69, 9.17) is 0 Å². The molecular weight excluding hydrogens is 248 g/mol. The van der Waals surface area contributed by atoms with Crippen molar-refractivity contribution in [1.82, 2.24) is 10.2 Å². The Kier molecular flexibility index (Phi) is 5.60. The third-order valence-corrected chi connectivity index (χ3v) is 4.21. The number of hydrogen-bond donors (Lipinski definition) is 1. The molecule has 1 heterocycles. The van der Waals surface area contributed by atoms with Crippen molar-refractivity contribution in [2.24, 2.45) is 5.92 Å². The van der Waals surface area contributed by atoms with E-state index < -0.39 is 0 Å². The number of carbonyl (C=O) groups excluding carboxylic acids is 1. The maximum absolute atomic E-state index is 12.1. The van der Waals surface area contributed by atoms with Crippen molar-refractivity contribution >= 4 is 5.91 Å². The first kappa shape index (κ1) is 15.0. The first-order valence-corrected chi connectivity index (χ1v) is 7.71. The van der Waals surface area contributed by atoms with E-state index in [1.54, 1.807) is 0 Å². The largest absolute Gasteiger partial charge is 0.341 e. The van der Waals surface area contributed by atoms with Gasteiger partial charge in [0.15, 0.2) is 0 Å². The lowest BCUT2D eigenvalue weighted by Gasteiger charge is -2.18. The fraction of sp³-hybridized carbons (Fsp3) is 0.588. The molecule has 0 aliphatic carbocycles. The van der Waals surface area contributed by atoms with Crippen LogP contribution in [-0.2, 0) is 17.8 Å². The molecule has 1 atom stereocenters. The lowest BCUT2D eigenvalue weighted by molar-refractivity contribution is -0.130. The highest BCUT2D eigenvalue weighted by molar-refractivity contribution is 5.75. The van der Waals surface area contributed by atoms with Gasteiger partial charge in [-0.05, 0) is 49.4 Å². The van der Waals surface area contributed by atoms with Crippen LogP contribution in [0.2, 0.25) is 0 Å². The van der Waals surface area contributed by atoms with Gasteiger partial charge in [-0.3, -0.25) is 4.79 Å². The molecule has 1 aliphatic rings. The second-order valence-electron chi connectivity index (χ2n) is 5.82. The van der Waals surface area contributed by atoms with E-state index >= 15 is 0 Å². The van der Waals surface area contributed by atoms with E-state index in [2.05, 4.69) is 36.5 Å². The van der Waals surface area contributed by atoms with Gasteiger partial charge in [0.05, 0.1) is 0 Å². The Balaban J connectivity index is 1.77. The number of hydrogen-bond acceptors (Lipinski definition) is 2. The number of amides is 1. The number of aryl methyl sites for hydroxylation is 1. The zero-order valence-electron chi connectivity index (χ0n) is 12.7. The molecule has 20 heavy (non-hydrogen) atoms. The van der Waals surface area contributed by atoms with Crippen LogP contribution in [0.5, 0.6) is 0 Å². The molecule has 3 heteroatoms. The Hall–Kier alpha value is -1.35. The van der Waals surface area contributed by atoms with Gasteiger partial charge in [-0.1, -0.05) is 31.2 Å². The molecule has 0 aromatic heterocycles. The monoisotopic (exact) mass is 274 g/mol. The van der Waals surface area contributed by atoms with Gasteiger partial charge in [-0.25, -0.2) is 0 Å². The molecule has 0 bridgehead atoms. The fourth-order valence-corrected chi connectivity index (χ4v) is 2.72. The predicted molar refractivity (Wildman–Crippen MR) is 82.5 cm³/mol. The molecule has 0 saturated carbocycles. The first-order valence-electron chi connectivity index (χ1n) is 7.71. The van der Waals surface area contributed by atoms with Gasteiger partial charge in [-0.2, -0.15) is 0 Å². The van der Waals surface area contributed by atoms with Crippen LogP contribution in [0.1, 0.15) is 37.3 Å². The van der Waals surface area contributed by atoms with Crippen LogP contribution in [0.3, 0.4) is 0 Å². The zero-order chi connectivity index (χ0) is 14.4. The van der Waals surface area contributed by atoms with E-state index in [1.807, 2.05) is 11.9 Å². The minimum absolute atomic E-state index is 0.261. The molecule has 0 radical (unpaired) electrons. The smallest absolute Gasteiger partial charge is 0.222 e. The van der Waals surface area contributed by atoms with Crippen LogP contribution in [0.25, 0.3) is 0 Å². The molecule has 110 valence electrons. The van der Waals surface area contributed by atoms with Crippen LogP contribution in [0.4, 0.5) is 0 Å². The average Bonchev–Trinajstić information content (AvgIpc) is 2.98. The van der Waals surface area contributed by atoms with Crippen LogP contribution in [0, 0.1) is 5.92 Å². The third kappa shape index (κ3) is 4.34.